The summed E-state index contributed by atoms with van der Waals surface area (Å²) in [7, 11) is -6.75. The van der Waals surface area contributed by atoms with E-state index in [0.717, 1.165) is 5.56 Å². The predicted octanol–water partition coefficient (Wildman–Crippen LogP) is 1.99. The lowest BCUT2D eigenvalue weighted by Crippen LogP contribution is -2.34. The zero-order valence-corrected chi connectivity index (χ0v) is 18.0. The molecule has 0 aliphatic carbocycles. The summed E-state index contributed by atoms with van der Waals surface area (Å²) >= 11 is 0. The third-order valence-corrected chi connectivity index (χ3v) is 7.92. The highest BCUT2D eigenvalue weighted by molar-refractivity contribution is 7.92. The van der Waals surface area contributed by atoms with Gasteiger partial charge in [0.15, 0.2) is 9.84 Å². The quantitative estimate of drug-likeness (QED) is 0.669. The van der Waals surface area contributed by atoms with Crippen molar-refractivity contribution in [1.82, 2.24) is 5.32 Å². The average molecular weight is 437 g/mol. The Balaban J connectivity index is 1.59. The minimum Gasteiger partial charge on any atom is -0.352 e. The Morgan fingerprint density at radius 1 is 1.10 bits per heavy atom. The Kier molecular flexibility index (Phi) is 6.00. The topological polar surface area (TPSA) is 101 Å². The van der Waals surface area contributed by atoms with E-state index in [1.165, 1.54) is 10.6 Å². The number of nitrogens with zero attached hydrogens (tertiary/aromatic N) is 1. The van der Waals surface area contributed by atoms with Gasteiger partial charge in [-0.1, -0.05) is 18.2 Å². The number of nitrogens with one attached hydrogen (secondary N) is 1. The molecular formula is C20H24N2O5S2. The van der Waals surface area contributed by atoms with Crippen LogP contribution in [0.15, 0.2) is 53.4 Å². The molecule has 1 aliphatic rings. The molecule has 3 rings (SSSR count). The van der Waals surface area contributed by atoms with Crippen molar-refractivity contribution in [3.63, 3.8) is 0 Å². The van der Waals surface area contributed by atoms with Crippen molar-refractivity contribution in [2.24, 2.45) is 0 Å². The summed E-state index contributed by atoms with van der Waals surface area (Å²) in [6.07, 6.45) is 2.01. The average Bonchev–Trinajstić information content (AvgIpc) is 3.00. The number of carbonyl (C=O) groups excluding carboxylic acids is 1. The number of benzene rings is 2. The van der Waals surface area contributed by atoms with Gasteiger partial charge in [-0.15, -0.1) is 0 Å². The first-order valence-electron chi connectivity index (χ1n) is 9.28. The fourth-order valence-electron chi connectivity index (χ4n) is 3.56. The lowest BCUT2D eigenvalue weighted by Gasteiger charge is -2.21. The van der Waals surface area contributed by atoms with E-state index >= 15 is 0 Å². The summed E-state index contributed by atoms with van der Waals surface area (Å²) in [5.41, 5.74) is 1.84. The van der Waals surface area contributed by atoms with Crippen LogP contribution in [-0.2, 0) is 26.3 Å². The van der Waals surface area contributed by atoms with E-state index in [9.17, 15) is 21.6 Å². The van der Waals surface area contributed by atoms with E-state index < -0.39 is 19.9 Å². The van der Waals surface area contributed by atoms with Crippen LogP contribution in [0.1, 0.15) is 29.3 Å². The second-order valence-corrected chi connectivity index (χ2v) is 11.2. The Labute approximate surface area is 171 Å². The second kappa shape index (κ2) is 8.16. The molecule has 2 aromatic carbocycles. The summed E-state index contributed by atoms with van der Waals surface area (Å²) < 4.78 is 49.8. The van der Waals surface area contributed by atoms with Crippen LogP contribution >= 0.6 is 0 Å². The fraction of sp³-hybridized carbons (Fsp3) is 0.350. The molecule has 0 spiro atoms. The van der Waals surface area contributed by atoms with Crippen molar-refractivity contribution in [2.45, 2.75) is 30.7 Å². The minimum absolute atomic E-state index is 0.0533. The van der Waals surface area contributed by atoms with Gasteiger partial charge >= 0.3 is 0 Å². The maximum atomic E-state index is 12.4. The summed E-state index contributed by atoms with van der Waals surface area (Å²) in [6.45, 7) is 2.06. The first kappa shape index (κ1) is 21.3. The van der Waals surface area contributed by atoms with E-state index in [0.29, 0.717) is 24.1 Å². The van der Waals surface area contributed by atoms with Gasteiger partial charge in [0, 0.05) is 18.2 Å². The summed E-state index contributed by atoms with van der Waals surface area (Å²) in [5.74, 6) is -0.363. The summed E-state index contributed by atoms with van der Waals surface area (Å²) in [4.78, 5) is 12.7. The molecule has 0 saturated carbocycles. The van der Waals surface area contributed by atoms with Crippen LogP contribution in [0.3, 0.4) is 0 Å². The van der Waals surface area contributed by atoms with Gasteiger partial charge in [0.1, 0.15) is 0 Å². The first-order chi connectivity index (χ1) is 13.6. The molecule has 1 atom stereocenters. The molecule has 9 heteroatoms. The van der Waals surface area contributed by atoms with Crippen LogP contribution in [0.25, 0.3) is 0 Å². The lowest BCUT2D eigenvalue weighted by atomic mass is 10.1. The van der Waals surface area contributed by atoms with Crippen molar-refractivity contribution < 1.29 is 21.6 Å². The van der Waals surface area contributed by atoms with Gasteiger partial charge in [-0.2, -0.15) is 0 Å². The molecule has 7 nitrogen and oxygen atoms in total. The molecule has 0 bridgehead atoms. The molecule has 1 amide bonds. The highest BCUT2D eigenvalue weighted by Gasteiger charge is 2.32. The molecule has 1 unspecified atom stereocenters. The smallest absolute Gasteiger partial charge is 0.251 e. The van der Waals surface area contributed by atoms with Crippen molar-refractivity contribution >= 4 is 31.5 Å². The number of hydrogen-bond acceptors (Lipinski definition) is 5. The molecule has 1 N–H and O–H groups in total. The highest BCUT2D eigenvalue weighted by Crippen LogP contribution is 2.34. The van der Waals surface area contributed by atoms with Gasteiger partial charge in [-0.25, -0.2) is 16.8 Å². The second-order valence-electron chi connectivity index (χ2n) is 7.20. The number of sulfonamides is 1. The van der Waals surface area contributed by atoms with Crippen molar-refractivity contribution in [2.75, 3.05) is 22.9 Å². The third kappa shape index (κ3) is 4.79. The van der Waals surface area contributed by atoms with Gasteiger partial charge < -0.3 is 5.32 Å². The molecule has 1 aliphatic heterocycles. The van der Waals surface area contributed by atoms with Crippen LogP contribution in [0.4, 0.5) is 5.69 Å². The third-order valence-electron chi connectivity index (χ3n) is 4.83. The summed E-state index contributed by atoms with van der Waals surface area (Å²) in [6, 6.07) is 13.0. The van der Waals surface area contributed by atoms with Crippen molar-refractivity contribution in [1.29, 1.82) is 0 Å². The van der Waals surface area contributed by atoms with E-state index in [2.05, 4.69) is 5.32 Å². The van der Waals surface area contributed by atoms with Gasteiger partial charge in [0.25, 0.3) is 5.91 Å². The Bertz CT molecular complexity index is 1110. The van der Waals surface area contributed by atoms with Crippen LogP contribution in [-0.4, -0.2) is 47.3 Å². The van der Waals surface area contributed by atoms with Crippen LogP contribution < -0.4 is 9.62 Å². The van der Waals surface area contributed by atoms with E-state index in [1.54, 1.807) is 48.5 Å². The number of sulfone groups is 1. The minimum atomic E-state index is -3.38. The van der Waals surface area contributed by atoms with E-state index in [-0.39, 0.29) is 29.1 Å². The molecule has 1 heterocycles. The zero-order chi connectivity index (χ0) is 21.2. The molecule has 29 heavy (non-hydrogen) atoms. The maximum Gasteiger partial charge on any atom is 0.251 e. The molecule has 0 saturated heterocycles. The van der Waals surface area contributed by atoms with Gasteiger partial charge in [-0.3, -0.25) is 9.10 Å². The molecule has 156 valence electrons. The van der Waals surface area contributed by atoms with Gasteiger partial charge in [0.2, 0.25) is 10.0 Å². The molecule has 0 radical (unpaired) electrons. The summed E-state index contributed by atoms with van der Waals surface area (Å²) in [5, 5.41) is 2.73. The van der Waals surface area contributed by atoms with Gasteiger partial charge in [-0.05, 0) is 55.7 Å². The number of rotatable bonds is 7. The number of amides is 1. The van der Waals surface area contributed by atoms with Gasteiger partial charge in [0.05, 0.1) is 22.6 Å². The number of fused-ring (bicyclic) bond motifs is 1. The van der Waals surface area contributed by atoms with E-state index in [1.807, 2.05) is 6.92 Å². The zero-order valence-electron chi connectivity index (χ0n) is 16.3. The molecule has 0 fully saturated rings. The Morgan fingerprint density at radius 2 is 1.79 bits per heavy atom. The number of carbonyl (C=O) groups is 1. The number of anilines is 1. The van der Waals surface area contributed by atoms with Crippen LogP contribution in [0.5, 0.6) is 0 Å². The SMILES string of the molecule is CC1Cc2cc(C(=O)NCCCS(=O)(=O)c3ccccc3)ccc2N1S(C)(=O)=O. The normalized spacial score (nSPS) is 16.5. The fourth-order valence-corrected chi connectivity index (χ4v) is 6.16. The molecule has 0 aromatic heterocycles. The standard InChI is InChI=1S/C20H24N2O5S2/c1-15-13-17-14-16(9-10-19(17)22(15)28(2,24)25)20(23)21-11-6-12-29(26,27)18-7-4-3-5-8-18/h3-5,7-10,14-15H,6,11-13H2,1-2H3,(H,21,23). The van der Waals surface area contributed by atoms with Crippen molar-refractivity contribution in [3.05, 3.63) is 59.7 Å². The lowest BCUT2D eigenvalue weighted by molar-refractivity contribution is 0.0953. The number of hydrogen-bond donors (Lipinski definition) is 1. The first-order valence-corrected chi connectivity index (χ1v) is 12.8. The molecular weight excluding hydrogens is 412 g/mol. The Morgan fingerprint density at radius 3 is 2.45 bits per heavy atom. The molecule has 2 aromatic rings. The monoisotopic (exact) mass is 436 g/mol. The van der Waals surface area contributed by atoms with Crippen LogP contribution in [0, 0.1) is 0 Å². The van der Waals surface area contributed by atoms with Crippen LogP contribution in [0.2, 0.25) is 0 Å². The van der Waals surface area contributed by atoms with Crippen molar-refractivity contribution in [3.8, 4) is 0 Å². The maximum absolute atomic E-state index is 12.4. The highest BCUT2D eigenvalue weighted by atomic mass is 32.2. The Hall–Kier alpha value is -2.39. The van der Waals surface area contributed by atoms with E-state index in [4.69, 9.17) is 0 Å². The largest absolute Gasteiger partial charge is 0.352 e. The predicted molar refractivity (Wildman–Crippen MR) is 112 cm³/mol.